The summed E-state index contributed by atoms with van der Waals surface area (Å²) >= 11 is 0. The number of hydrogen-bond acceptors (Lipinski definition) is 2. The number of fused-ring (bicyclic) bond motifs is 1. The first-order valence-electron chi connectivity index (χ1n) is 5.53. The number of carbonyl (C=O) groups is 1. The van der Waals surface area contributed by atoms with Gasteiger partial charge in [0.1, 0.15) is 5.75 Å². The minimum Gasteiger partial charge on any atom is -0.493 e. The highest BCUT2D eigenvalue weighted by Gasteiger charge is 2.28. The SMILES string of the molecule is CC1(C)CCOc2cc(CC(N)=O)ccc21. The third-order valence-corrected chi connectivity index (χ3v) is 3.14. The van der Waals surface area contributed by atoms with Gasteiger partial charge in [-0.2, -0.15) is 0 Å². The van der Waals surface area contributed by atoms with Gasteiger partial charge in [0.15, 0.2) is 0 Å². The van der Waals surface area contributed by atoms with E-state index in [2.05, 4.69) is 13.8 Å². The normalized spacial score (nSPS) is 17.4. The molecule has 0 aromatic heterocycles. The molecule has 1 aliphatic rings. The summed E-state index contributed by atoms with van der Waals surface area (Å²) in [5.74, 6) is 0.588. The molecule has 0 bridgehead atoms. The molecule has 0 radical (unpaired) electrons. The second-order valence-corrected chi connectivity index (χ2v) is 4.96. The van der Waals surface area contributed by atoms with Crippen LogP contribution in [0.1, 0.15) is 31.4 Å². The van der Waals surface area contributed by atoms with Gasteiger partial charge in [0, 0.05) is 0 Å². The molecular weight excluding hydrogens is 202 g/mol. The smallest absolute Gasteiger partial charge is 0.221 e. The van der Waals surface area contributed by atoms with Crippen molar-refractivity contribution in [3.8, 4) is 5.75 Å². The molecule has 0 spiro atoms. The highest BCUT2D eigenvalue weighted by Crippen LogP contribution is 2.38. The molecule has 0 atom stereocenters. The molecule has 0 unspecified atom stereocenters. The van der Waals surface area contributed by atoms with Crippen LogP contribution in [0, 0.1) is 0 Å². The van der Waals surface area contributed by atoms with Crippen LogP contribution >= 0.6 is 0 Å². The predicted molar refractivity (Wildman–Crippen MR) is 62.5 cm³/mol. The van der Waals surface area contributed by atoms with Crippen molar-refractivity contribution in [2.24, 2.45) is 5.73 Å². The Balaban J connectivity index is 2.36. The van der Waals surface area contributed by atoms with Crippen molar-refractivity contribution in [3.05, 3.63) is 29.3 Å². The van der Waals surface area contributed by atoms with E-state index in [1.165, 1.54) is 5.56 Å². The number of carbonyl (C=O) groups excluding carboxylic acids is 1. The minimum absolute atomic E-state index is 0.152. The first-order chi connectivity index (χ1) is 7.49. The van der Waals surface area contributed by atoms with E-state index < -0.39 is 0 Å². The molecule has 0 saturated carbocycles. The molecule has 1 aromatic rings. The highest BCUT2D eigenvalue weighted by atomic mass is 16.5. The van der Waals surface area contributed by atoms with Gasteiger partial charge < -0.3 is 10.5 Å². The number of nitrogens with two attached hydrogens (primary N) is 1. The van der Waals surface area contributed by atoms with Crippen molar-refractivity contribution < 1.29 is 9.53 Å². The van der Waals surface area contributed by atoms with Crippen LogP contribution < -0.4 is 10.5 Å². The van der Waals surface area contributed by atoms with Crippen LogP contribution in [0.15, 0.2) is 18.2 Å². The fourth-order valence-corrected chi connectivity index (χ4v) is 2.11. The second-order valence-electron chi connectivity index (χ2n) is 4.96. The van der Waals surface area contributed by atoms with Crippen molar-refractivity contribution in [1.82, 2.24) is 0 Å². The summed E-state index contributed by atoms with van der Waals surface area (Å²) < 4.78 is 5.63. The predicted octanol–water partition coefficient (Wildman–Crippen LogP) is 1.77. The lowest BCUT2D eigenvalue weighted by atomic mass is 9.79. The summed E-state index contributed by atoms with van der Waals surface area (Å²) in [5, 5.41) is 0. The Bertz CT molecular complexity index is 424. The van der Waals surface area contributed by atoms with E-state index >= 15 is 0 Å². The molecule has 2 rings (SSSR count). The van der Waals surface area contributed by atoms with E-state index in [-0.39, 0.29) is 17.7 Å². The lowest BCUT2D eigenvalue weighted by molar-refractivity contribution is -0.117. The van der Waals surface area contributed by atoms with Crippen molar-refractivity contribution in [2.75, 3.05) is 6.61 Å². The zero-order chi connectivity index (χ0) is 11.8. The third-order valence-electron chi connectivity index (χ3n) is 3.14. The molecule has 1 heterocycles. The molecule has 1 aromatic carbocycles. The summed E-state index contributed by atoms with van der Waals surface area (Å²) in [4.78, 5) is 10.8. The van der Waals surface area contributed by atoms with Gasteiger partial charge >= 0.3 is 0 Å². The number of benzene rings is 1. The van der Waals surface area contributed by atoms with Gasteiger partial charge in [-0.15, -0.1) is 0 Å². The van der Waals surface area contributed by atoms with Gasteiger partial charge in [-0.3, -0.25) is 4.79 Å². The fraction of sp³-hybridized carbons (Fsp3) is 0.462. The van der Waals surface area contributed by atoms with Crippen LogP contribution in [0.5, 0.6) is 5.75 Å². The van der Waals surface area contributed by atoms with Gasteiger partial charge in [-0.25, -0.2) is 0 Å². The largest absolute Gasteiger partial charge is 0.493 e. The maximum absolute atomic E-state index is 10.8. The Labute approximate surface area is 95.6 Å². The molecule has 0 saturated heterocycles. The van der Waals surface area contributed by atoms with Gasteiger partial charge in [-0.05, 0) is 29.0 Å². The van der Waals surface area contributed by atoms with Crippen molar-refractivity contribution in [3.63, 3.8) is 0 Å². The van der Waals surface area contributed by atoms with Gasteiger partial charge in [0.25, 0.3) is 0 Å². The molecule has 3 heteroatoms. The van der Waals surface area contributed by atoms with E-state index in [4.69, 9.17) is 10.5 Å². The summed E-state index contributed by atoms with van der Waals surface area (Å²) in [6.45, 7) is 5.16. The lowest BCUT2D eigenvalue weighted by Gasteiger charge is -2.32. The first-order valence-corrected chi connectivity index (χ1v) is 5.53. The summed E-state index contributed by atoms with van der Waals surface area (Å²) in [6, 6.07) is 5.94. The van der Waals surface area contributed by atoms with Gasteiger partial charge in [-0.1, -0.05) is 26.0 Å². The van der Waals surface area contributed by atoms with Crippen LogP contribution in [-0.4, -0.2) is 12.5 Å². The quantitative estimate of drug-likeness (QED) is 0.824. The average molecular weight is 219 g/mol. The van der Waals surface area contributed by atoms with Crippen LogP contribution in [0.25, 0.3) is 0 Å². The highest BCUT2D eigenvalue weighted by molar-refractivity contribution is 5.76. The molecule has 86 valence electrons. The number of hydrogen-bond donors (Lipinski definition) is 1. The second kappa shape index (κ2) is 3.81. The van der Waals surface area contributed by atoms with Crippen LogP contribution in [0.3, 0.4) is 0 Å². The Morgan fingerprint density at radius 3 is 2.94 bits per heavy atom. The lowest BCUT2D eigenvalue weighted by Crippen LogP contribution is -2.26. The zero-order valence-corrected chi connectivity index (χ0v) is 9.75. The Morgan fingerprint density at radius 1 is 1.50 bits per heavy atom. The Hall–Kier alpha value is -1.51. The molecule has 16 heavy (non-hydrogen) atoms. The van der Waals surface area contributed by atoms with E-state index in [1.54, 1.807) is 0 Å². The van der Waals surface area contributed by atoms with E-state index in [1.807, 2.05) is 18.2 Å². The Kier molecular flexibility index (Phi) is 2.62. The standard InChI is InChI=1S/C13H17NO2/c1-13(2)5-6-16-11-7-9(8-12(14)15)3-4-10(11)13/h3-4,7H,5-6,8H2,1-2H3,(H2,14,15). The molecule has 0 aliphatic carbocycles. The van der Waals surface area contributed by atoms with Crippen molar-refractivity contribution in [2.45, 2.75) is 32.1 Å². The third kappa shape index (κ3) is 2.03. The van der Waals surface area contributed by atoms with Crippen LogP contribution in [0.2, 0.25) is 0 Å². The number of primary amides is 1. The maximum Gasteiger partial charge on any atom is 0.221 e. The first kappa shape index (κ1) is 11.0. The summed E-state index contributed by atoms with van der Waals surface area (Å²) in [5.41, 5.74) is 7.46. The maximum atomic E-state index is 10.8. The zero-order valence-electron chi connectivity index (χ0n) is 9.75. The fourth-order valence-electron chi connectivity index (χ4n) is 2.11. The Morgan fingerprint density at radius 2 is 2.25 bits per heavy atom. The van der Waals surface area contributed by atoms with E-state index in [9.17, 15) is 4.79 Å². The number of amides is 1. The molecule has 3 nitrogen and oxygen atoms in total. The molecule has 0 fully saturated rings. The number of rotatable bonds is 2. The van der Waals surface area contributed by atoms with Gasteiger partial charge in [0.2, 0.25) is 5.91 Å². The summed E-state index contributed by atoms with van der Waals surface area (Å²) in [7, 11) is 0. The van der Waals surface area contributed by atoms with Crippen molar-refractivity contribution in [1.29, 1.82) is 0 Å². The van der Waals surface area contributed by atoms with Gasteiger partial charge in [0.05, 0.1) is 13.0 Å². The molecule has 1 amide bonds. The molecular formula is C13H17NO2. The monoisotopic (exact) mass is 219 g/mol. The van der Waals surface area contributed by atoms with Crippen LogP contribution in [0.4, 0.5) is 0 Å². The van der Waals surface area contributed by atoms with Crippen molar-refractivity contribution >= 4 is 5.91 Å². The number of ether oxygens (including phenoxy) is 1. The summed E-state index contributed by atoms with van der Waals surface area (Å²) in [6.07, 6.45) is 1.30. The van der Waals surface area contributed by atoms with E-state index in [0.29, 0.717) is 0 Å². The topological polar surface area (TPSA) is 52.3 Å². The average Bonchev–Trinajstić information content (AvgIpc) is 2.15. The van der Waals surface area contributed by atoms with Crippen LogP contribution in [-0.2, 0) is 16.6 Å². The molecule has 2 N–H and O–H groups in total. The minimum atomic E-state index is -0.310. The van der Waals surface area contributed by atoms with E-state index in [0.717, 1.165) is 24.3 Å². The molecule has 1 aliphatic heterocycles.